The maximum absolute atomic E-state index is 11.9. The Kier molecular flexibility index (Phi) is 6.17. The van der Waals surface area contributed by atoms with E-state index in [1.807, 2.05) is 36.4 Å². The van der Waals surface area contributed by atoms with Gasteiger partial charge in [-0.15, -0.1) is 0 Å². The molecule has 0 atom stereocenters. The van der Waals surface area contributed by atoms with Crippen LogP contribution in [-0.4, -0.2) is 25.2 Å². The highest BCUT2D eigenvalue weighted by Gasteiger charge is 2.16. The highest BCUT2D eigenvalue weighted by Crippen LogP contribution is 2.22. The van der Waals surface area contributed by atoms with Crippen LogP contribution in [-0.2, 0) is 20.9 Å². The molecule has 2 aromatic rings. The van der Waals surface area contributed by atoms with E-state index in [0.717, 1.165) is 5.56 Å². The molecule has 0 aliphatic rings. The average Bonchev–Trinajstić information content (AvgIpc) is 2.58. The van der Waals surface area contributed by atoms with Crippen molar-refractivity contribution < 1.29 is 19.0 Å². The van der Waals surface area contributed by atoms with Crippen molar-refractivity contribution in [3.63, 3.8) is 0 Å². The second-order valence-electron chi connectivity index (χ2n) is 4.50. The van der Waals surface area contributed by atoms with Gasteiger partial charge < -0.3 is 14.2 Å². The zero-order chi connectivity index (χ0) is 16.7. The van der Waals surface area contributed by atoms with Crippen molar-refractivity contribution in [3.05, 3.63) is 64.5 Å². The topological polar surface area (TPSA) is 57.7 Å². The third-order valence-electron chi connectivity index (χ3n) is 3.01. The van der Waals surface area contributed by atoms with Crippen LogP contribution >= 0.6 is 15.9 Å². The van der Waals surface area contributed by atoms with Gasteiger partial charge >= 0.3 is 5.97 Å². The monoisotopic (exact) mass is 377 g/mol. The Labute approximate surface area is 143 Å². The summed E-state index contributed by atoms with van der Waals surface area (Å²) in [5.74, 6) is 0.0180. The predicted molar refractivity (Wildman–Crippen MR) is 89.7 cm³/mol. The number of rotatable bonds is 6. The van der Waals surface area contributed by atoms with Crippen LogP contribution in [0.1, 0.15) is 11.1 Å². The summed E-state index contributed by atoms with van der Waals surface area (Å²) in [5, 5.41) is 0. The van der Waals surface area contributed by atoms with Crippen LogP contribution in [0.2, 0.25) is 0 Å². The predicted octanol–water partition coefficient (Wildman–Crippen LogP) is 3.58. The first-order chi connectivity index (χ1) is 11.2. The number of carbonyl (C=O) groups is 1. The van der Waals surface area contributed by atoms with E-state index < -0.39 is 5.97 Å². The Morgan fingerprint density at radius 2 is 1.96 bits per heavy atom. The number of aromatic nitrogens is 1. The molecule has 2 rings (SSSR count). The van der Waals surface area contributed by atoms with E-state index in [2.05, 4.69) is 20.9 Å². The SMILES string of the molecule is CO/C=C(/C(=O)OC)c1ccccc1COc1cccc(Br)n1. The Morgan fingerprint density at radius 3 is 2.65 bits per heavy atom. The van der Waals surface area contributed by atoms with Gasteiger partial charge in [-0.1, -0.05) is 30.3 Å². The minimum Gasteiger partial charge on any atom is -0.503 e. The van der Waals surface area contributed by atoms with Crippen LogP contribution in [0.4, 0.5) is 0 Å². The second-order valence-corrected chi connectivity index (χ2v) is 5.32. The average molecular weight is 378 g/mol. The molecule has 1 aromatic heterocycles. The molecule has 0 saturated carbocycles. The fourth-order valence-electron chi connectivity index (χ4n) is 1.98. The summed E-state index contributed by atoms with van der Waals surface area (Å²) in [7, 11) is 2.81. The fraction of sp³-hybridized carbons (Fsp3) is 0.176. The summed E-state index contributed by atoms with van der Waals surface area (Å²) in [4.78, 5) is 16.2. The van der Waals surface area contributed by atoms with Crippen molar-refractivity contribution in [2.75, 3.05) is 14.2 Å². The van der Waals surface area contributed by atoms with E-state index in [-0.39, 0.29) is 6.61 Å². The van der Waals surface area contributed by atoms with Crippen molar-refractivity contribution in [1.29, 1.82) is 0 Å². The highest BCUT2D eigenvalue weighted by atomic mass is 79.9. The maximum Gasteiger partial charge on any atom is 0.341 e. The summed E-state index contributed by atoms with van der Waals surface area (Å²) < 4.78 is 16.2. The third-order valence-corrected chi connectivity index (χ3v) is 3.46. The van der Waals surface area contributed by atoms with Gasteiger partial charge in [0.05, 0.1) is 20.5 Å². The lowest BCUT2D eigenvalue weighted by molar-refractivity contribution is -0.133. The van der Waals surface area contributed by atoms with Gasteiger partial charge in [0.1, 0.15) is 16.8 Å². The molecule has 0 amide bonds. The Bertz CT molecular complexity index is 715. The Morgan fingerprint density at radius 1 is 1.17 bits per heavy atom. The zero-order valence-corrected chi connectivity index (χ0v) is 14.4. The molecule has 5 nitrogen and oxygen atoms in total. The van der Waals surface area contributed by atoms with E-state index in [1.54, 1.807) is 6.07 Å². The Balaban J connectivity index is 2.26. The number of nitrogens with zero attached hydrogens (tertiary/aromatic N) is 1. The fourth-order valence-corrected chi connectivity index (χ4v) is 2.31. The van der Waals surface area contributed by atoms with Gasteiger partial charge in [-0.3, -0.25) is 0 Å². The van der Waals surface area contributed by atoms with Crippen molar-refractivity contribution in [1.82, 2.24) is 4.98 Å². The summed E-state index contributed by atoms with van der Waals surface area (Å²) in [6, 6.07) is 12.8. The van der Waals surface area contributed by atoms with Gasteiger partial charge in [0.2, 0.25) is 5.88 Å². The summed E-state index contributed by atoms with van der Waals surface area (Å²) >= 11 is 3.30. The highest BCUT2D eigenvalue weighted by molar-refractivity contribution is 9.10. The van der Waals surface area contributed by atoms with E-state index in [1.165, 1.54) is 20.5 Å². The number of hydrogen-bond donors (Lipinski definition) is 0. The number of benzene rings is 1. The van der Waals surface area contributed by atoms with Crippen LogP contribution in [0.25, 0.3) is 5.57 Å². The minimum absolute atomic E-state index is 0.262. The number of halogens is 1. The molecule has 0 fully saturated rings. The number of carbonyl (C=O) groups excluding carboxylic acids is 1. The molecular formula is C17H16BrNO4. The molecule has 1 aromatic carbocycles. The summed E-state index contributed by atoms with van der Waals surface area (Å²) in [6.45, 7) is 0.262. The molecule has 0 aliphatic carbocycles. The van der Waals surface area contributed by atoms with Crippen LogP contribution in [0, 0.1) is 0 Å². The van der Waals surface area contributed by atoms with Gasteiger partial charge in [0, 0.05) is 6.07 Å². The standard InChI is InChI=1S/C17H16BrNO4/c1-21-11-14(17(20)22-2)13-7-4-3-6-12(13)10-23-16-9-5-8-15(18)19-16/h3-9,11H,10H2,1-2H3/b14-11+. The van der Waals surface area contributed by atoms with E-state index in [4.69, 9.17) is 14.2 Å². The maximum atomic E-state index is 11.9. The smallest absolute Gasteiger partial charge is 0.341 e. The number of methoxy groups -OCH3 is 2. The van der Waals surface area contributed by atoms with Crippen molar-refractivity contribution >= 4 is 27.5 Å². The molecule has 1 heterocycles. The van der Waals surface area contributed by atoms with Crippen LogP contribution in [0.5, 0.6) is 5.88 Å². The van der Waals surface area contributed by atoms with E-state index >= 15 is 0 Å². The van der Waals surface area contributed by atoms with Crippen LogP contribution in [0.15, 0.2) is 53.3 Å². The normalized spacial score (nSPS) is 11.0. The van der Waals surface area contributed by atoms with Gasteiger partial charge in [-0.25, -0.2) is 9.78 Å². The van der Waals surface area contributed by atoms with Gasteiger partial charge in [-0.05, 0) is 33.1 Å². The zero-order valence-electron chi connectivity index (χ0n) is 12.8. The first-order valence-corrected chi connectivity index (χ1v) is 7.60. The molecule has 0 spiro atoms. The molecule has 120 valence electrons. The van der Waals surface area contributed by atoms with Gasteiger partial charge in [0.25, 0.3) is 0 Å². The summed E-state index contributed by atoms with van der Waals surface area (Å²) in [5.41, 5.74) is 1.84. The van der Waals surface area contributed by atoms with Crippen LogP contribution in [0.3, 0.4) is 0 Å². The summed E-state index contributed by atoms with van der Waals surface area (Å²) in [6.07, 6.45) is 1.36. The third kappa shape index (κ3) is 4.56. The minimum atomic E-state index is -0.472. The first-order valence-electron chi connectivity index (χ1n) is 6.80. The molecule has 6 heteroatoms. The molecular weight excluding hydrogens is 362 g/mol. The molecule has 0 aliphatic heterocycles. The second kappa shape index (κ2) is 8.33. The van der Waals surface area contributed by atoms with Crippen molar-refractivity contribution in [3.8, 4) is 5.88 Å². The number of esters is 1. The molecule has 0 N–H and O–H groups in total. The largest absolute Gasteiger partial charge is 0.503 e. The Hall–Kier alpha value is -2.34. The molecule has 0 unspecified atom stereocenters. The molecule has 23 heavy (non-hydrogen) atoms. The number of pyridine rings is 1. The lowest BCUT2D eigenvalue weighted by Crippen LogP contribution is -2.08. The number of ether oxygens (including phenoxy) is 3. The lowest BCUT2D eigenvalue weighted by atomic mass is 10.0. The quantitative estimate of drug-likeness (QED) is 0.333. The van der Waals surface area contributed by atoms with Crippen molar-refractivity contribution in [2.24, 2.45) is 0 Å². The van der Waals surface area contributed by atoms with E-state index in [0.29, 0.717) is 21.6 Å². The lowest BCUT2D eigenvalue weighted by Gasteiger charge is -2.12. The van der Waals surface area contributed by atoms with Gasteiger partial charge in [0.15, 0.2) is 0 Å². The van der Waals surface area contributed by atoms with Crippen molar-refractivity contribution in [2.45, 2.75) is 6.61 Å². The first kappa shape index (κ1) is 17.0. The van der Waals surface area contributed by atoms with Gasteiger partial charge in [-0.2, -0.15) is 0 Å². The van der Waals surface area contributed by atoms with E-state index in [9.17, 15) is 4.79 Å². The molecule has 0 saturated heterocycles. The number of hydrogen-bond acceptors (Lipinski definition) is 5. The molecule has 0 radical (unpaired) electrons. The van der Waals surface area contributed by atoms with Crippen LogP contribution < -0.4 is 4.74 Å². The molecule has 0 bridgehead atoms.